The predicted molar refractivity (Wildman–Crippen MR) is 90.9 cm³/mol. The van der Waals surface area contributed by atoms with Crippen molar-refractivity contribution in [1.29, 1.82) is 0 Å². The first-order chi connectivity index (χ1) is 10.7. The number of rotatable bonds is 3. The quantitative estimate of drug-likeness (QED) is 0.896. The van der Waals surface area contributed by atoms with Crippen LogP contribution in [0.2, 0.25) is 5.02 Å². The monoisotopic (exact) mass is 360 g/mol. The number of hydrogen-bond donors (Lipinski definition) is 1. The fraction of sp³-hybridized carbons (Fsp3) is 0.562. The Morgan fingerprint density at radius 2 is 2.13 bits per heavy atom. The minimum Gasteiger partial charge on any atom is -0.370 e. The van der Waals surface area contributed by atoms with E-state index in [9.17, 15) is 4.79 Å². The van der Waals surface area contributed by atoms with Crippen molar-refractivity contribution in [2.45, 2.75) is 31.2 Å². The van der Waals surface area contributed by atoms with Crippen LogP contribution in [0.25, 0.3) is 0 Å². The Bertz CT molecular complexity index is 544. The maximum atomic E-state index is 12.6. The van der Waals surface area contributed by atoms with E-state index in [1.54, 1.807) is 0 Å². The van der Waals surface area contributed by atoms with E-state index < -0.39 is 0 Å². The van der Waals surface area contributed by atoms with Gasteiger partial charge in [-0.15, -0.1) is 12.4 Å². The van der Waals surface area contributed by atoms with Crippen molar-refractivity contribution in [3.63, 3.8) is 0 Å². The molecule has 7 heteroatoms. The molecule has 1 unspecified atom stereocenters. The van der Waals surface area contributed by atoms with Crippen LogP contribution in [-0.4, -0.2) is 49.3 Å². The van der Waals surface area contributed by atoms with Crippen LogP contribution >= 0.6 is 24.0 Å². The highest BCUT2D eigenvalue weighted by molar-refractivity contribution is 6.31. The maximum Gasteiger partial charge on any atom is 0.251 e. The molecule has 23 heavy (non-hydrogen) atoms. The van der Waals surface area contributed by atoms with Gasteiger partial charge in [-0.25, -0.2) is 0 Å². The Hall–Kier alpha value is -0.850. The number of morpholine rings is 1. The molecule has 0 spiro atoms. The van der Waals surface area contributed by atoms with E-state index in [2.05, 4.69) is 0 Å². The lowest BCUT2D eigenvalue weighted by atomic mass is 10.1. The molecule has 1 aromatic carbocycles. The topological polar surface area (TPSA) is 64.8 Å². The minimum absolute atomic E-state index is 0. The van der Waals surface area contributed by atoms with Crippen LogP contribution in [-0.2, 0) is 14.3 Å². The number of halogens is 2. The molecule has 1 amide bonds. The first-order valence-electron chi connectivity index (χ1n) is 7.69. The number of ether oxygens (including phenoxy) is 2. The molecule has 0 bridgehead atoms. The summed E-state index contributed by atoms with van der Waals surface area (Å²) in [5, 5.41) is 0.669. The molecule has 2 aliphatic heterocycles. The van der Waals surface area contributed by atoms with Crippen molar-refractivity contribution >= 4 is 29.9 Å². The van der Waals surface area contributed by atoms with Crippen molar-refractivity contribution in [3.8, 4) is 0 Å². The van der Waals surface area contributed by atoms with Gasteiger partial charge in [-0.1, -0.05) is 29.8 Å². The molecule has 5 nitrogen and oxygen atoms in total. The van der Waals surface area contributed by atoms with Crippen molar-refractivity contribution < 1.29 is 14.3 Å². The fourth-order valence-corrected chi connectivity index (χ4v) is 3.30. The zero-order chi connectivity index (χ0) is 15.5. The standard InChI is InChI=1S/C16H21ClN2O3.ClH/c17-13-4-2-1-3-12(13)15-10-19(7-8-21-15)16(20)14-6-5-11(9-18)22-14;/h1-4,11,14-15H,5-10,18H2;1H/t11-,14+,15?;/m1./s1. The molecule has 2 heterocycles. The number of hydrogen-bond acceptors (Lipinski definition) is 4. The van der Waals surface area contributed by atoms with Crippen molar-refractivity contribution in [3.05, 3.63) is 34.9 Å². The number of carbonyl (C=O) groups excluding carboxylic acids is 1. The summed E-state index contributed by atoms with van der Waals surface area (Å²) >= 11 is 6.23. The number of nitrogens with zero attached hydrogens (tertiary/aromatic N) is 1. The lowest BCUT2D eigenvalue weighted by Gasteiger charge is -2.34. The minimum atomic E-state index is -0.362. The highest BCUT2D eigenvalue weighted by atomic mass is 35.5. The molecule has 2 aliphatic rings. The molecular formula is C16H22Cl2N2O3. The number of benzene rings is 1. The van der Waals surface area contributed by atoms with Crippen LogP contribution in [0.1, 0.15) is 24.5 Å². The van der Waals surface area contributed by atoms with Crippen molar-refractivity contribution in [2.75, 3.05) is 26.2 Å². The molecular weight excluding hydrogens is 339 g/mol. The van der Waals surface area contributed by atoms with Gasteiger partial charge in [0.2, 0.25) is 0 Å². The normalized spacial score (nSPS) is 27.6. The largest absolute Gasteiger partial charge is 0.370 e. The zero-order valence-electron chi connectivity index (χ0n) is 12.8. The molecule has 128 valence electrons. The average molecular weight is 361 g/mol. The van der Waals surface area contributed by atoms with Gasteiger partial charge in [0.1, 0.15) is 12.2 Å². The second-order valence-corrected chi connectivity index (χ2v) is 6.13. The summed E-state index contributed by atoms with van der Waals surface area (Å²) in [6.07, 6.45) is 1.06. The third kappa shape index (κ3) is 4.17. The molecule has 2 saturated heterocycles. The third-order valence-corrected chi connectivity index (χ3v) is 4.62. The number of carbonyl (C=O) groups is 1. The number of nitrogens with two attached hydrogens (primary N) is 1. The summed E-state index contributed by atoms with van der Waals surface area (Å²) < 4.78 is 11.5. The Balaban J connectivity index is 0.00000192. The SMILES string of the molecule is Cl.NC[C@H]1CC[C@@H](C(=O)N2CCOC(c3ccccc3Cl)C2)O1. The summed E-state index contributed by atoms with van der Waals surface area (Å²) in [4.78, 5) is 14.4. The molecule has 0 aromatic heterocycles. The smallest absolute Gasteiger partial charge is 0.251 e. The predicted octanol–water partition coefficient (Wildman–Crippen LogP) is 2.17. The van der Waals surface area contributed by atoms with Crippen LogP contribution in [0.15, 0.2) is 24.3 Å². The molecule has 2 N–H and O–H groups in total. The van der Waals surface area contributed by atoms with Crippen LogP contribution in [0, 0.1) is 0 Å². The van der Waals surface area contributed by atoms with Crippen molar-refractivity contribution in [1.82, 2.24) is 4.90 Å². The van der Waals surface area contributed by atoms with E-state index in [0.29, 0.717) is 31.3 Å². The summed E-state index contributed by atoms with van der Waals surface area (Å²) in [6.45, 7) is 2.08. The van der Waals surface area contributed by atoms with Gasteiger partial charge in [0.05, 0.1) is 19.3 Å². The molecule has 0 saturated carbocycles. The van der Waals surface area contributed by atoms with Crippen molar-refractivity contribution in [2.24, 2.45) is 5.73 Å². The van der Waals surface area contributed by atoms with Crippen LogP contribution < -0.4 is 5.73 Å². The lowest BCUT2D eigenvalue weighted by Crippen LogP contribution is -2.46. The molecule has 1 aromatic rings. The summed E-state index contributed by atoms with van der Waals surface area (Å²) in [6, 6.07) is 7.60. The third-order valence-electron chi connectivity index (χ3n) is 4.28. The maximum absolute atomic E-state index is 12.6. The van der Waals surface area contributed by atoms with Crippen LogP contribution in [0.3, 0.4) is 0 Å². The zero-order valence-corrected chi connectivity index (χ0v) is 14.4. The molecule has 0 aliphatic carbocycles. The summed E-state index contributed by atoms with van der Waals surface area (Å²) in [5.41, 5.74) is 6.53. The van der Waals surface area contributed by atoms with Gasteiger partial charge in [-0.3, -0.25) is 4.79 Å². The fourth-order valence-electron chi connectivity index (χ4n) is 3.04. The second-order valence-electron chi connectivity index (χ2n) is 5.72. The Morgan fingerprint density at radius 1 is 1.35 bits per heavy atom. The highest BCUT2D eigenvalue weighted by Gasteiger charge is 2.35. The number of amides is 1. The van der Waals surface area contributed by atoms with Gasteiger partial charge < -0.3 is 20.1 Å². The van der Waals surface area contributed by atoms with E-state index in [0.717, 1.165) is 18.4 Å². The van der Waals surface area contributed by atoms with Gasteiger partial charge in [-0.05, 0) is 18.9 Å². The Labute approximate surface area is 147 Å². The van der Waals surface area contributed by atoms with Gasteiger partial charge in [-0.2, -0.15) is 0 Å². The van der Waals surface area contributed by atoms with Crippen LogP contribution in [0.5, 0.6) is 0 Å². The van der Waals surface area contributed by atoms with Gasteiger partial charge >= 0.3 is 0 Å². The van der Waals surface area contributed by atoms with Gasteiger partial charge in [0.15, 0.2) is 0 Å². The van der Waals surface area contributed by atoms with Gasteiger partial charge in [0, 0.05) is 23.7 Å². The van der Waals surface area contributed by atoms with E-state index in [4.69, 9.17) is 26.8 Å². The molecule has 3 rings (SSSR count). The highest BCUT2D eigenvalue weighted by Crippen LogP contribution is 2.29. The van der Waals surface area contributed by atoms with E-state index in [-0.39, 0.29) is 36.6 Å². The van der Waals surface area contributed by atoms with E-state index in [1.807, 2.05) is 29.2 Å². The molecule has 3 atom stereocenters. The Morgan fingerprint density at radius 3 is 2.83 bits per heavy atom. The molecule has 2 fully saturated rings. The van der Waals surface area contributed by atoms with E-state index >= 15 is 0 Å². The Kier molecular flexibility index (Phi) is 6.68. The molecule has 0 radical (unpaired) electrons. The van der Waals surface area contributed by atoms with Crippen LogP contribution in [0.4, 0.5) is 0 Å². The average Bonchev–Trinajstić information content (AvgIpc) is 3.04. The lowest BCUT2D eigenvalue weighted by molar-refractivity contribution is -0.150. The van der Waals surface area contributed by atoms with E-state index in [1.165, 1.54) is 0 Å². The first-order valence-corrected chi connectivity index (χ1v) is 8.07. The first kappa shape index (κ1) is 18.5. The second kappa shape index (κ2) is 8.31. The van der Waals surface area contributed by atoms with Gasteiger partial charge in [0.25, 0.3) is 5.91 Å². The summed E-state index contributed by atoms with van der Waals surface area (Å²) in [5.74, 6) is 0.0382. The summed E-state index contributed by atoms with van der Waals surface area (Å²) in [7, 11) is 0.